The Bertz CT molecular complexity index is 602. The van der Waals surface area contributed by atoms with E-state index < -0.39 is 0 Å². The summed E-state index contributed by atoms with van der Waals surface area (Å²) in [7, 11) is 1.62. The topological polar surface area (TPSA) is 69.1 Å². The van der Waals surface area contributed by atoms with Crippen LogP contribution in [0.25, 0.3) is 0 Å². The van der Waals surface area contributed by atoms with Crippen LogP contribution in [0, 0.1) is 0 Å². The van der Waals surface area contributed by atoms with Gasteiger partial charge in [0.2, 0.25) is 0 Å². The molecule has 1 heterocycles. The minimum atomic E-state index is 0. The summed E-state index contributed by atoms with van der Waals surface area (Å²) < 4.78 is 5.23. The van der Waals surface area contributed by atoms with E-state index in [9.17, 15) is 5.11 Å². The highest BCUT2D eigenvalue weighted by Gasteiger charge is 2.27. The summed E-state index contributed by atoms with van der Waals surface area (Å²) in [6.45, 7) is 11.0. The van der Waals surface area contributed by atoms with Crippen molar-refractivity contribution in [3.63, 3.8) is 0 Å². The van der Waals surface area contributed by atoms with Crippen LogP contribution in [-0.4, -0.2) is 54.8 Å². The van der Waals surface area contributed by atoms with Gasteiger partial charge in [-0.1, -0.05) is 6.42 Å². The van der Waals surface area contributed by atoms with Crippen LogP contribution >= 0.6 is 24.0 Å². The Balaban J connectivity index is 0.00000364. The molecule has 0 spiro atoms. The summed E-state index contributed by atoms with van der Waals surface area (Å²) in [5, 5.41) is 16.8. The van der Waals surface area contributed by atoms with Gasteiger partial charge in [-0.3, -0.25) is 4.90 Å². The number of aliphatic imine (C=N–C) groups is 1. The second-order valence-corrected chi connectivity index (χ2v) is 7.40. The second kappa shape index (κ2) is 11.6. The number of guanidine groups is 1. The van der Waals surface area contributed by atoms with Crippen LogP contribution < -0.4 is 15.4 Å². The Kier molecular flexibility index (Phi) is 10.2. The smallest absolute Gasteiger partial charge is 0.191 e. The van der Waals surface area contributed by atoms with E-state index in [0.717, 1.165) is 30.4 Å². The highest BCUT2D eigenvalue weighted by Crippen LogP contribution is 2.23. The number of phenols is 1. The molecule has 1 aromatic carbocycles. The van der Waals surface area contributed by atoms with Crippen LogP contribution in [0.2, 0.25) is 0 Å². The summed E-state index contributed by atoms with van der Waals surface area (Å²) in [5.41, 5.74) is 0.825. The van der Waals surface area contributed by atoms with Crippen molar-refractivity contribution in [2.45, 2.75) is 52.1 Å². The maximum Gasteiger partial charge on any atom is 0.191 e. The summed E-state index contributed by atoms with van der Waals surface area (Å²) in [6, 6.07) is 5.21. The van der Waals surface area contributed by atoms with Gasteiger partial charge in [0.25, 0.3) is 0 Å². The molecular weight excluding hydrogens is 455 g/mol. The average Bonchev–Trinajstić information content (AvgIpc) is 2.66. The molecule has 0 bridgehead atoms. The number of halogens is 1. The molecule has 1 saturated heterocycles. The van der Waals surface area contributed by atoms with E-state index in [4.69, 9.17) is 4.74 Å². The molecule has 2 rings (SSSR count). The van der Waals surface area contributed by atoms with Gasteiger partial charge in [-0.25, -0.2) is 4.99 Å². The third-order valence-corrected chi connectivity index (χ3v) is 4.94. The van der Waals surface area contributed by atoms with Gasteiger partial charge < -0.3 is 20.5 Å². The lowest BCUT2D eigenvalue weighted by Gasteiger charge is -2.41. The Morgan fingerprint density at radius 3 is 2.56 bits per heavy atom. The molecule has 154 valence electrons. The molecule has 27 heavy (non-hydrogen) atoms. The molecule has 6 nitrogen and oxygen atoms in total. The summed E-state index contributed by atoms with van der Waals surface area (Å²) in [5.74, 6) is 1.72. The van der Waals surface area contributed by atoms with E-state index in [1.165, 1.54) is 32.4 Å². The zero-order chi connectivity index (χ0) is 19.0. The first-order valence-corrected chi connectivity index (χ1v) is 9.59. The minimum Gasteiger partial charge on any atom is -0.508 e. The fourth-order valence-corrected chi connectivity index (χ4v) is 3.23. The number of rotatable bonds is 7. The van der Waals surface area contributed by atoms with Crippen LogP contribution in [0.4, 0.5) is 0 Å². The minimum absolute atomic E-state index is 0. The van der Waals surface area contributed by atoms with Crippen molar-refractivity contribution in [2.75, 3.05) is 33.3 Å². The van der Waals surface area contributed by atoms with Gasteiger partial charge in [-0.05, 0) is 64.9 Å². The van der Waals surface area contributed by atoms with Gasteiger partial charge in [0.1, 0.15) is 11.5 Å². The predicted molar refractivity (Wildman–Crippen MR) is 122 cm³/mol. The van der Waals surface area contributed by atoms with Crippen molar-refractivity contribution < 1.29 is 9.84 Å². The summed E-state index contributed by atoms with van der Waals surface area (Å²) in [6.07, 6.45) is 3.91. The highest BCUT2D eigenvalue weighted by molar-refractivity contribution is 14.0. The maximum absolute atomic E-state index is 10.0. The summed E-state index contributed by atoms with van der Waals surface area (Å²) in [4.78, 5) is 7.19. The molecule has 0 aliphatic carbocycles. The third kappa shape index (κ3) is 7.37. The quantitative estimate of drug-likeness (QED) is 0.311. The molecule has 0 unspecified atom stereocenters. The number of piperidine rings is 1. The van der Waals surface area contributed by atoms with Gasteiger partial charge in [0.05, 0.1) is 13.7 Å². The van der Waals surface area contributed by atoms with Crippen LogP contribution in [0.3, 0.4) is 0 Å². The molecule has 0 saturated carbocycles. The molecule has 3 N–H and O–H groups in total. The van der Waals surface area contributed by atoms with Crippen LogP contribution in [-0.2, 0) is 6.54 Å². The van der Waals surface area contributed by atoms with Crippen molar-refractivity contribution in [3.8, 4) is 11.5 Å². The van der Waals surface area contributed by atoms with E-state index in [1.807, 2.05) is 6.07 Å². The van der Waals surface area contributed by atoms with E-state index in [0.29, 0.717) is 6.54 Å². The number of hydrogen-bond acceptors (Lipinski definition) is 4. The third-order valence-electron chi connectivity index (χ3n) is 4.94. The SMILES string of the molecule is CCNC(=NCc1cc(OC)ccc1O)NCC(C)(C)N1CCCCC1.I. The molecule has 0 radical (unpaired) electrons. The number of hydrogen-bond donors (Lipinski definition) is 3. The first-order valence-electron chi connectivity index (χ1n) is 9.59. The standard InChI is InChI=1S/C20H34N4O2.HI/c1-5-21-19(22-14-16-13-17(26-4)9-10-18(16)25)23-15-20(2,3)24-11-7-6-8-12-24;/h9-10,13,25H,5-8,11-12,14-15H2,1-4H3,(H2,21,22,23);1H. The van der Waals surface area contributed by atoms with Crippen molar-refractivity contribution in [2.24, 2.45) is 4.99 Å². The Morgan fingerprint density at radius 2 is 1.93 bits per heavy atom. The second-order valence-electron chi connectivity index (χ2n) is 7.40. The van der Waals surface area contributed by atoms with E-state index in [-0.39, 0.29) is 35.3 Å². The molecule has 0 aromatic heterocycles. The van der Waals surface area contributed by atoms with Gasteiger partial charge >= 0.3 is 0 Å². The molecule has 0 amide bonds. The number of phenolic OH excluding ortho intramolecular Hbond substituents is 1. The number of likely N-dealkylation sites (tertiary alicyclic amines) is 1. The van der Waals surface area contributed by atoms with E-state index in [2.05, 4.69) is 41.3 Å². The zero-order valence-corrected chi connectivity index (χ0v) is 19.4. The number of aromatic hydroxyl groups is 1. The molecule has 1 aromatic rings. The molecule has 1 fully saturated rings. The molecular formula is C20H35IN4O2. The predicted octanol–water partition coefficient (Wildman–Crippen LogP) is 3.34. The maximum atomic E-state index is 10.0. The first-order chi connectivity index (χ1) is 12.5. The first kappa shape index (κ1) is 23.8. The largest absolute Gasteiger partial charge is 0.508 e. The molecule has 1 aliphatic rings. The van der Waals surface area contributed by atoms with Crippen molar-refractivity contribution in [1.29, 1.82) is 0 Å². The molecule has 0 atom stereocenters. The molecule has 1 aliphatic heterocycles. The fourth-order valence-electron chi connectivity index (χ4n) is 3.23. The van der Waals surface area contributed by atoms with E-state index in [1.54, 1.807) is 19.2 Å². The lowest BCUT2D eigenvalue weighted by molar-refractivity contribution is 0.0982. The Labute approximate surface area is 180 Å². The fraction of sp³-hybridized carbons (Fsp3) is 0.650. The lowest BCUT2D eigenvalue weighted by atomic mass is 9.98. The van der Waals surface area contributed by atoms with E-state index >= 15 is 0 Å². The van der Waals surface area contributed by atoms with Crippen LogP contribution in [0.15, 0.2) is 23.2 Å². The molecule has 7 heteroatoms. The number of ether oxygens (including phenoxy) is 1. The van der Waals surface area contributed by atoms with Gasteiger partial charge in [0, 0.05) is 24.2 Å². The number of nitrogens with zero attached hydrogens (tertiary/aromatic N) is 2. The zero-order valence-electron chi connectivity index (χ0n) is 17.0. The van der Waals surface area contributed by atoms with Gasteiger partial charge in [0.15, 0.2) is 5.96 Å². The van der Waals surface area contributed by atoms with Crippen LogP contribution in [0.5, 0.6) is 11.5 Å². The van der Waals surface area contributed by atoms with Crippen molar-refractivity contribution >= 4 is 29.9 Å². The number of methoxy groups -OCH3 is 1. The van der Waals surface area contributed by atoms with Gasteiger partial charge in [-0.15, -0.1) is 24.0 Å². The summed E-state index contributed by atoms with van der Waals surface area (Å²) >= 11 is 0. The lowest BCUT2D eigenvalue weighted by Crippen LogP contribution is -2.54. The Hall–Kier alpha value is -1.22. The normalized spacial score (nSPS) is 15.8. The van der Waals surface area contributed by atoms with Crippen LogP contribution in [0.1, 0.15) is 45.6 Å². The highest BCUT2D eigenvalue weighted by atomic mass is 127. The number of benzene rings is 1. The number of nitrogens with one attached hydrogen (secondary N) is 2. The average molecular weight is 490 g/mol. The van der Waals surface area contributed by atoms with Crippen molar-refractivity contribution in [3.05, 3.63) is 23.8 Å². The monoisotopic (exact) mass is 490 g/mol. The van der Waals surface area contributed by atoms with Crippen molar-refractivity contribution in [1.82, 2.24) is 15.5 Å². The Morgan fingerprint density at radius 1 is 1.22 bits per heavy atom. The van der Waals surface area contributed by atoms with Gasteiger partial charge in [-0.2, -0.15) is 0 Å².